The second kappa shape index (κ2) is 2.90. The van der Waals surface area contributed by atoms with Gasteiger partial charge in [-0.25, -0.2) is 4.79 Å². The highest BCUT2D eigenvalue weighted by atomic mass is 16.4. The van der Waals surface area contributed by atoms with Crippen molar-refractivity contribution in [1.29, 1.82) is 0 Å². The number of carboxylic acids is 1. The van der Waals surface area contributed by atoms with Crippen molar-refractivity contribution >= 4 is 5.97 Å². The second-order valence-electron chi connectivity index (χ2n) is 3.59. The minimum atomic E-state index is -0.803. The predicted molar refractivity (Wildman–Crippen MR) is 44.9 cm³/mol. The molecule has 3 nitrogen and oxygen atoms in total. The normalized spacial score (nSPS) is 28.2. The van der Waals surface area contributed by atoms with E-state index in [-0.39, 0.29) is 0 Å². The number of hydrogen-bond acceptors (Lipinski definition) is 2. The summed E-state index contributed by atoms with van der Waals surface area (Å²) < 4.78 is 0. The van der Waals surface area contributed by atoms with Gasteiger partial charge >= 0.3 is 5.97 Å². The molecule has 2 rings (SSSR count). The fourth-order valence-corrected chi connectivity index (χ4v) is 1.75. The molecule has 0 atom stereocenters. The Hall–Kier alpha value is -0.830. The first kappa shape index (κ1) is 7.80. The van der Waals surface area contributed by atoms with Gasteiger partial charge in [0, 0.05) is 25.2 Å². The molecule has 0 unspecified atom stereocenters. The molecule has 0 amide bonds. The van der Waals surface area contributed by atoms with Crippen molar-refractivity contribution in [2.24, 2.45) is 0 Å². The molecule has 0 bridgehead atoms. The lowest BCUT2D eigenvalue weighted by Crippen LogP contribution is -2.21. The maximum atomic E-state index is 10.4. The van der Waals surface area contributed by atoms with E-state index < -0.39 is 5.97 Å². The Morgan fingerprint density at radius 1 is 1.58 bits per heavy atom. The Balaban J connectivity index is 1.92. The molecule has 1 aliphatic carbocycles. The molecule has 1 saturated heterocycles. The van der Waals surface area contributed by atoms with Crippen LogP contribution in [-0.2, 0) is 4.79 Å². The number of likely N-dealkylation sites (tertiary alicyclic amines) is 1. The highest BCUT2D eigenvalue weighted by molar-refractivity contribution is 5.80. The first-order valence-electron chi connectivity index (χ1n) is 4.42. The van der Waals surface area contributed by atoms with Gasteiger partial charge in [0.2, 0.25) is 0 Å². The van der Waals surface area contributed by atoms with E-state index in [1.807, 2.05) is 0 Å². The average molecular weight is 167 g/mol. The number of nitrogens with zero attached hydrogens (tertiary/aromatic N) is 1. The topological polar surface area (TPSA) is 40.5 Å². The van der Waals surface area contributed by atoms with E-state index in [1.165, 1.54) is 18.9 Å². The average Bonchev–Trinajstić information content (AvgIpc) is 2.73. The molecule has 3 heteroatoms. The van der Waals surface area contributed by atoms with Crippen LogP contribution < -0.4 is 0 Å². The zero-order valence-corrected chi connectivity index (χ0v) is 6.99. The smallest absolute Gasteiger partial charge is 0.328 e. The Morgan fingerprint density at radius 3 is 2.92 bits per heavy atom. The Bertz CT molecular complexity index is 231. The van der Waals surface area contributed by atoms with Gasteiger partial charge in [-0.3, -0.25) is 4.90 Å². The van der Waals surface area contributed by atoms with Gasteiger partial charge in [0.15, 0.2) is 0 Å². The lowest BCUT2D eigenvalue weighted by atomic mass is 10.2. The fourth-order valence-electron chi connectivity index (χ4n) is 1.75. The van der Waals surface area contributed by atoms with E-state index in [0.29, 0.717) is 0 Å². The summed E-state index contributed by atoms with van der Waals surface area (Å²) in [5.41, 5.74) is 1.08. The molecular weight excluding hydrogens is 154 g/mol. The molecule has 12 heavy (non-hydrogen) atoms. The zero-order chi connectivity index (χ0) is 8.55. The van der Waals surface area contributed by atoms with E-state index in [1.54, 1.807) is 0 Å². The second-order valence-corrected chi connectivity index (χ2v) is 3.59. The van der Waals surface area contributed by atoms with Gasteiger partial charge in [0.25, 0.3) is 0 Å². The Morgan fingerprint density at radius 2 is 2.33 bits per heavy atom. The summed E-state index contributed by atoms with van der Waals surface area (Å²) in [4.78, 5) is 12.7. The van der Waals surface area contributed by atoms with Crippen molar-refractivity contribution in [2.75, 3.05) is 13.1 Å². The van der Waals surface area contributed by atoms with Crippen LogP contribution in [0.1, 0.15) is 19.3 Å². The summed E-state index contributed by atoms with van der Waals surface area (Å²) in [6.07, 6.45) is 4.92. The van der Waals surface area contributed by atoms with Crippen molar-refractivity contribution in [3.05, 3.63) is 11.6 Å². The molecule has 2 aliphatic rings. The number of carboxylic acid groups (broad SMARTS) is 1. The van der Waals surface area contributed by atoms with E-state index >= 15 is 0 Å². The monoisotopic (exact) mass is 167 g/mol. The minimum Gasteiger partial charge on any atom is -0.478 e. The molecule has 1 saturated carbocycles. The minimum absolute atomic E-state index is 0.768. The quantitative estimate of drug-likeness (QED) is 0.620. The lowest BCUT2D eigenvalue weighted by molar-refractivity contribution is -0.131. The van der Waals surface area contributed by atoms with Crippen LogP contribution in [0.3, 0.4) is 0 Å². The summed E-state index contributed by atoms with van der Waals surface area (Å²) in [6.45, 7) is 1.95. The highest BCUT2D eigenvalue weighted by Gasteiger charge is 2.32. The molecular formula is C9H13NO2. The predicted octanol–water partition coefficient (Wildman–Crippen LogP) is 0.866. The molecule has 1 heterocycles. The summed E-state index contributed by atoms with van der Waals surface area (Å²) in [6, 6.07) is 0.768. The number of aliphatic carboxylic acids is 1. The van der Waals surface area contributed by atoms with E-state index in [4.69, 9.17) is 5.11 Å². The van der Waals surface area contributed by atoms with Gasteiger partial charge in [0.05, 0.1) is 0 Å². The van der Waals surface area contributed by atoms with Gasteiger partial charge in [-0.2, -0.15) is 0 Å². The van der Waals surface area contributed by atoms with Crippen LogP contribution >= 0.6 is 0 Å². The van der Waals surface area contributed by atoms with Crippen molar-refractivity contribution < 1.29 is 9.90 Å². The number of rotatable bonds is 2. The van der Waals surface area contributed by atoms with E-state index in [0.717, 1.165) is 31.1 Å². The molecule has 0 aromatic heterocycles. The summed E-state index contributed by atoms with van der Waals surface area (Å²) in [5.74, 6) is -0.803. The van der Waals surface area contributed by atoms with Crippen molar-refractivity contribution in [3.63, 3.8) is 0 Å². The molecule has 1 N–H and O–H groups in total. The van der Waals surface area contributed by atoms with Crippen LogP contribution in [0.25, 0.3) is 0 Å². The van der Waals surface area contributed by atoms with Gasteiger partial charge in [-0.1, -0.05) is 0 Å². The maximum Gasteiger partial charge on any atom is 0.328 e. The fraction of sp³-hybridized carbons (Fsp3) is 0.667. The van der Waals surface area contributed by atoms with Crippen LogP contribution in [-0.4, -0.2) is 35.1 Å². The summed E-state index contributed by atoms with van der Waals surface area (Å²) in [7, 11) is 0. The molecule has 0 spiro atoms. The van der Waals surface area contributed by atoms with Crippen LogP contribution in [0, 0.1) is 0 Å². The van der Waals surface area contributed by atoms with Crippen molar-refractivity contribution in [1.82, 2.24) is 4.90 Å². The first-order valence-corrected chi connectivity index (χ1v) is 4.42. The summed E-state index contributed by atoms with van der Waals surface area (Å²) in [5, 5.41) is 8.52. The lowest BCUT2D eigenvalue weighted by Gasteiger charge is -2.11. The molecule has 0 radical (unpaired) electrons. The van der Waals surface area contributed by atoms with Crippen molar-refractivity contribution in [2.45, 2.75) is 25.3 Å². The third-order valence-corrected chi connectivity index (χ3v) is 2.52. The molecule has 66 valence electrons. The molecule has 0 aromatic carbocycles. The number of hydrogen-bond donors (Lipinski definition) is 1. The van der Waals surface area contributed by atoms with Gasteiger partial charge in [0.1, 0.15) is 0 Å². The highest BCUT2D eigenvalue weighted by Crippen LogP contribution is 2.31. The van der Waals surface area contributed by atoms with Crippen LogP contribution in [0.2, 0.25) is 0 Å². The Kier molecular flexibility index (Phi) is 1.89. The van der Waals surface area contributed by atoms with Crippen LogP contribution in [0.15, 0.2) is 11.6 Å². The van der Waals surface area contributed by atoms with Crippen LogP contribution in [0.5, 0.6) is 0 Å². The Labute approximate surface area is 71.7 Å². The standard InChI is InChI=1S/C9H13NO2/c11-9(12)5-7-3-4-10(6-7)8-1-2-8/h5,8H,1-4,6H2,(H,11,12). The van der Waals surface area contributed by atoms with Gasteiger partial charge in [-0.05, 0) is 24.8 Å². The van der Waals surface area contributed by atoms with Crippen LogP contribution in [0.4, 0.5) is 0 Å². The van der Waals surface area contributed by atoms with Gasteiger partial charge in [-0.15, -0.1) is 0 Å². The van der Waals surface area contributed by atoms with E-state index in [2.05, 4.69) is 4.90 Å². The first-order chi connectivity index (χ1) is 5.75. The largest absolute Gasteiger partial charge is 0.478 e. The zero-order valence-electron chi connectivity index (χ0n) is 6.99. The van der Waals surface area contributed by atoms with E-state index in [9.17, 15) is 4.79 Å². The molecule has 1 aliphatic heterocycles. The maximum absolute atomic E-state index is 10.4. The SMILES string of the molecule is O=C(O)C=C1CCN(C2CC2)C1. The third-order valence-electron chi connectivity index (χ3n) is 2.52. The van der Waals surface area contributed by atoms with Gasteiger partial charge < -0.3 is 5.11 Å². The third kappa shape index (κ3) is 1.67. The summed E-state index contributed by atoms with van der Waals surface area (Å²) >= 11 is 0. The molecule has 0 aromatic rings. The van der Waals surface area contributed by atoms with Crippen molar-refractivity contribution in [3.8, 4) is 0 Å². The number of carbonyl (C=O) groups is 1. The molecule has 2 fully saturated rings.